The molecule has 1 aliphatic heterocycles. The summed E-state index contributed by atoms with van der Waals surface area (Å²) >= 11 is 0. The van der Waals surface area contributed by atoms with Crippen molar-refractivity contribution in [1.82, 2.24) is 20.0 Å². The van der Waals surface area contributed by atoms with Crippen molar-refractivity contribution in [2.75, 3.05) is 33.2 Å². The van der Waals surface area contributed by atoms with Crippen molar-refractivity contribution in [3.8, 4) is 0 Å². The van der Waals surface area contributed by atoms with Crippen LogP contribution in [-0.2, 0) is 0 Å². The van der Waals surface area contributed by atoms with Gasteiger partial charge in [0.25, 0.3) is 0 Å². The lowest BCUT2D eigenvalue weighted by molar-refractivity contribution is 0.102. The minimum atomic E-state index is 0.531. The van der Waals surface area contributed by atoms with E-state index < -0.39 is 0 Å². The van der Waals surface area contributed by atoms with Crippen molar-refractivity contribution < 1.29 is 0 Å². The zero-order chi connectivity index (χ0) is 11.5. The summed E-state index contributed by atoms with van der Waals surface area (Å²) in [5.41, 5.74) is 1.36. The molecule has 0 spiro atoms. The normalized spacial score (nSPS) is 19.7. The van der Waals surface area contributed by atoms with Crippen molar-refractivity contribution in [2.45, 2.75) is 25.8 Å². The van der Waals surface area contributed by atoms with Gasteiger partial charge in [0.2, 0.25) is 0 Å². The van der Waals surface area contributed by atoms with E-state index >= 15 is 0 Å². The Morgan fingerprint density at radius 2 is 2.31 bits per heavy atom. The van der Waals surface area contributed by atoms with Crippen LogP contribution >= 0.6 is 0 Å². The van der Waals surface area contributed by atoms with Crippen LogP contribution < -0.4 is 5.32 Å². The van der Waals surface area contributed by atoms with Gasteiger partial charge in [0.15, 0.2) is 0 Å². The number of aromatic nitrogens is 2. The number of likely N-dealkylation sites (N-methyl/N-ethyl adjacent to an activating group) is 2. The van der Waals surface area contributed by atoms with Crippen molar-refractivity contribution in [2.24, 2.45) is 0 Å². The van der Waals surface area contributed by atoms with E-state index in [1.807, 2.05) is 13.2 Å². The molecule has 1 aromatic heterocycles. The molecular formula is C12H22N4. The molecular weight excluding hydrogens is 200 g/mol. The van der Waals surface area contributed by atoms with Crippen LogP contribution in [0.4, 0.5) is 0 Å². The summed E-state index contributed by atoms with van der Waals surface area (Å²) in [6.07, 6.45) is 1.93. The molecule has 4 heteroatoms. The highest BCUT2D eigenvalue weighted by molar-refractivity contribution is 5.10. The highest BCUT2D eigenvalue weighted by Crippen LogP contribution is 2.24. The summed E-state index contributed by atoms with van der Waals surface area (Å²) in [7, 11) is 2.00. The summed E-state index contributed by atoms with van der Waals surface area (Å²) in [6.45, 7) is 8.92. The average molecular weight is 222 g/mol. The topological polar surface area (TPSA) is 33.1 Å². The maximum atomic E-state index is 4.47. The molecule has 1 N–H and O–H groups in total. The lowest BCUT2D eigenvalue weighted by Crippen LogP contribution is -2.48. The van der Waals surface area contributed by atoms with Gasteiger partial charge in [-0.2, -0.15) is 5.10 Å². The van der Waals surface area contributed by atoms with Gasteiger partial charge in [-0.05, 0) is 19.7 Å². The van der Waals surface area contributed by atoms with Crippen LogP contribution in [0.5, 0.6) is 0 Å². The van der Waals surface area contributed by atoms with Gasteiger partial charge in [-0.15, -0.1) is 0 Å². The molecule has 2 heterocycles. The summed E-state index contributed by atoms with van der Waals surface area (Å²) in [4.78, 5) is 2.44. The van der Waals surface area contributed by atoms with Crippen LogP contribution in [0.2, 0.25) is 0 Å². The van der Waals surface area contributed by atoms with Crippen molar-refractivity contribution in [1.29, 1.82) is 0 Å². The van der Waals surface area contributed by atoms with E-state index in [0.717, 1.165) is 26.2 Å². The zero-order valence-corrected chi connectivity index (χ0v) is 10.5. The molecule has 1 fully saturated rings. The Morgan fingerprint density at radius 3 is 2.94 bits per heavy atom. The first-order valence-electron chi connectivity index (χ1n) is 6.16. The first-order valence-corrected chi connectivity index (χ1v) is 6.16. The fourth-order valence-corrected chi connectivity index (χ4v) is 2.39. The van der Waals surface area contributed by atoms with Gasteiger partial charge >= 0.3 is 0 Å². The van der Waals surface area contributed by atoms with Gasteiger partial charge in [0.1, 0.15) is 0 Å². The number of nitrogens with one attached hydrogen (secondary N) is 1. The van der Waals surface area contributed by atoms with Gasteiger partial charge in [0.05, 0.1) is 6.04 Å². The molecule has 2 rings (SSSR count). The van der Waals surface area contributed by atoms with Crippen LogP contribution in [0.25, 0.3) is 0 Å². The smallest absolute Gasteiger partial charge is 0.0776 e. The van der Waals surface area contributed by atoms with Gasteiger partial charge in [-0.3, -0.25) is 9.58 Å². The van der Waals surface area contributed by atoms with Crippen molar-refractivity contribution >= 4 is 0 Å². The molecule has 4 nitrogen and oxygen atoms in total. The Bertz CT molecular complexity index is 328. The molecule has 1 unspecified atom stereocenters. The van der Waals surface area contributed by atoms with Crippen LogP contribution in [0.1, 0.15) is 31.5 Å². The van der Waals surface area contributed by atoms with Crippen LogP contribution in [-0.4, -0.2) is 47.9 Å². The third kappa shape index (κ3) is 2.13. The highest BCUT2D eigenvalue weighted by Gasteiger charge is 2.29. The second-order valence-corrected chi connectivity index (χ2v) is 4.67. The van der Waals surface area contributed by atoms with Gasteiger partial charge in [-0.1, -0.05) is 13.8 Å². The summed E-state index contributed by atoms with van der Waals surface area (Å²) in [5.74, 6) is 0.531. The fraction of sp³-hybridized carbons (Fsp3) is 0.750. The Morgan fingerprint density at radius 1 is 1.56 bits per heavy atom. The molecule has 1 atom stereocenters. The Balaban J connectivity index is 2.02. The maximum absolute atomic E-state index is 4.47. The summed E-state index contributed by atoms with van der Waals surface area (Å²) < 4.78 is 2.22. The third-order valence-corrected chi connectivity index (χ3v) is 3.45. The van der Waals surface area contributed by atoms with E-state index in [1.54, 1.807) is 0 Å². The number of hydrogen-bond acceptors (Lipinski definition) is 3. The molecule has 0 bridgehead atoms. The standard InChI is InChI=1S/C12H22N4/c1-4-15-8-11(9-15)16-12(5-6-14-16)10(2)7-13-3/h5-6,10-11,13H,4,7-9H2,1-3H3. The molecule has 0 saturated carbocycles. The van der Waals surface area contributed by atoms with E-state index in [2.05, 4.69) is 39.9 Å². The molecule has 16 heavy (non-hydrogen) atoms. The quantitative estimate of drug-likeness (QED) is 0.809. The third-order valence-electron chi connectivity index (χ3n) is 3.45. The van der Waals surface area contributed by atoms with E-state index in [-0.39, 0.29) is 0 Å². The predicted molar refractivity (Wildman–Crippen MR) is 65.7 cm³/mol. The zero-order valence-electron chi connectivity index (χ0n) is 10.5. The Labute approximate surface area is 97.6 Å². The SMILES string of the molecule is CCN1CC(n2nccc2C(C)CNC)C1. The monoisotopic (exact) mass is 222 g/mol. The molecule has 0 aromatic carbocycles. The molecule has 1 aliphatic rings. The van der Waals surface area contributed by atoms with Crippen molar-refractivity contribution in [3.63, 3.8) is 0 Å². The summed E-state index contributed by atoms with van der Waals surface area (Å²) in [6, 6.07) is 2.74. The van der Waals surface area contributed by atoms with Crippen LogP contribution in [0.15, 0.2) is 12.3 Å². The Hall–Kier alpha value is -0.870. The molecule has 0 radical (unpaired) electrons. The van der Waals surface area contributed by atoms with Crippen molar-refractivity contribution in [3.05, 3.63) is 18.0 Å². The molecule has 0 aliphatic carbocycles. The second kappa shape index (κ2) is 4.97. The summed E-state index contributed by atoms with van der Waals surface area (Å²) in [5, 5.41) is 7.70. The van der Waals surface area contributed by atoms with Gasteiger partial charge in [0, 0.05) is 37.4 Å². The number of rotatable bonds is 5. The van der Waals surface area contributed by atoms with E-state index in [0.29, 0.717) is 12.0 Å². The maximum Gasteiger partial charge on any atom is 0.0776 e. The minimum absolute atomic E-state index is 0.531. The van der Waals surface area contributed by atoms with Gasteiger partial charge in [-0.25, -0.2) is 0 Å². The van der Waals surface area contributed by atoms with Crippen LogP contribution in [0.3, 0.4) is 0 Å². The number of likely N-dealkylation sites (tertiary alicyclic amines) is 1. The second-order valence-electron chi connectivity index (χ2n) is 4.67. The average Bonchev–Trinajstić information content (AvgIpc) is 2.65. The molecule has 1 saturated heterocycles. The lowest BCUT2D eigenvalue weighted by atomic mass is 10.1. The minimum Gasteiger partial charge on any atom is -0.319 e. The molecule has 0 amide bonds. The molecule has 90 valence electrons. The largest absolute Gasteiger partial charge is 0.319 e. The van der Waals surface area contributed by atoms with Crippen LogP contribution in [0, 0.1) is 0 Å². The lowest BCUT2D eigenvalue weighted by Gasteiger charge is -2.39. The van der Waals surface area contributed by atoms with Gasteiger partial charge < -0.3 is 5.32 Å². The number of hydrogen-bond donors (Lipinski definition) is 1. The van der Waals surface area contributed by atoms with E-state index in [1.165, 1.54) is 5.69 Å². The first kappa shape index (κ1) is 11.6. The highest BCUT2D eigenvalue weighted by atomic mass is 15.4. The fourth-order valence-electron chi connectivity index (χ4n) is 2.39. The van der Waals surface area contributed by atoms with E-state index in [4.69, 9.17) is 0 Å². The number of nitrogens with zero attached hydrogens (tertiary/aromatic N) is 3. The molecule has 1 aromatic rings. The predicted octanol–water partition coefficient (Wildman–Crippen LogP) is 1.08. The first-order chi connectivity index (χ1) is 7.76. The van der Waals surface area contributed by atoms with E-state index in [9.17, 15) is 0 Å². The Kier molecular flexibility index (Phi) is 3.61.